The van der Waals surface area contributed by atoms with Crippen LogP contribution in [0.1, 0.15) is 77.0 Å². The van der Waals surface area contributed by atoms with Gasteiger partial charge in [-0.2, -0.15) is 0 Å². The van der Waals surface area contributed by atoms with Gasteiger partial charge < -0.3 is 10.1 Å². The lowest BCUT2D eigenvalue weighted by Gasteiger charge is -2.43. The van der Waals surface area contributed by atoms with Crippen LogP contribution in [0.2, 0.25) is 0 Å². The van der Waals surface area contributed by atoms with Gasteiger partial charge in [0.25, 0.3) is 0 Å². The van der Waals surface area contributed by atoms with E-state index in [0.29, 0.717) is 6.10 Å². The van der Waals surface area contributed by atoms with Gasteiger partial charge in [-0.1, -0.05) is 38.5 Å². The van der Waals surface area contributed by atoms with E-state index >= 15 is 0 Å². The molecule has 6 atom stereocenters. The molecule has 3 fully saturated rings. The van der Waals surface area contributed by atoms with Crippen molar-refractivity contribution in [2.24, 2.45) is 29.6 Å². The van der Waals surface area contributed by atoms with Crippen molar-refractivity contribution in [2.75, 3.05) is 20.7 Å². The number of methoxy groups -OCH3 is 1. The van der Waals surface area contributed by atoms with Crippen LogP contribution in [0.15, 0.2) is 0 Å². The average molecular weight is 322 g/mol. The number of hydrogen-bond acceptors (Lipinski definition) is 2. The van der Waals surface area contributed by atoms with E-state index < -0.39 is 0 Å². The first-order valence-corrected chi connectivity index (χ1v) is 10.5. The molecule has 134 valence electrons. The Morgan fingerprint density at radius 2 is 1.65 bits per heavy atom. The summed E-state index contributed by atoms with van der Waals surface area (Å²) in [6.07, 6.45) is 18.0. The minimum atomic E-state index is 0.536. The minimum Gasteiger partial charge on any atom is -0.381 e. The Bertz CT molecular complexity index is 345. The summed E-state index contributed by atoms with van der Waals surface area (Å²) in [4.78, 5) is 0. The molecule has 3 aliphatic carbocycles. The van der Waals surface area contributed by atoms with Crippen molar-refractivity contribution in [1.29, 1.82) is 0 Å². The van der Waals surface area contributed by atoms with Crippen LogP contribution in [-0.4, -0.2) is 26.8 Å². The van der Waals surface area contributed by atoms with Gasteiger partial charge in [-0.05, 0) is 81.7 Å². The quantitative estimate of drug-likeness (QED) is 0.741. The lowest BCUT2D eigenvalue weighted by Crippen LogP contribution is -2.37. The van der Waals surface area contributed by atoms with Crippen LogP contribution in [-0.2, 0) is 4.74 Å². The van der Waals surface area contributed by atoms with Crippen molar-refractivity contribution in [2.45, 2.75) is 83.2 Å². The predicted molar refractivity (Wildman–Crippen MR) is 97.6 cm³/mol. The fourth-order valence-corrected chi connectivity index (χ4v) is 6.18. The molecule has 3 aliphatic rings. The molecule has 6 unspecified atom stereocenters. The van der Waals surface area contributed by atoms with E-state index in [-0.39, 0.29) is 0 Å². The molecule has 0 amide bonds. The van der Waals surface area contributed by atoms with E-state index in [1.807, 2.05) is 7.11 Å². The van der Waals surface area contributed by atoms with Gasteiger partial charge in [-0.25, -0.2) is 0 Å². The van der Waals surface area contributed by atoms with Crippen LogP contribution in [0.5, 0.6) is 0 Å². The van der Waals surface area contributed by atoms with Gasteiger partial charge in [0, 0.05) is 7.11 Å². The average Bonchev–Trinajstić information content (AvgIpc) is 2.61. The van der Waals surface area contributed by atoms with Crippen LogP contribution in [0.4, 0.5) is 0 Å². The van der Waals surface area contributed by atoms with Gasteiger partial charge in [0.05, 0.1) is 6.10 Å². The molecule has 3 rings (SSSR count). The standard InChI is InChI=1S/C21H39NO/c1-22-15-20(14-19-9-5-6-10-21(19)23-2)18-12-11-16-7-3-4-8-17(16)13-18/h16-22H,3-15H2,1-2H3. The third-order valence-electron chi connectivity index (χ3n) is 7.46. The van der Waals surface area contributed by atoms with E-state index in [9.17, 15) is 0 Å². The van der Waals surface area contributed by atoms with Gasteiger partial charge in [0.15, 0.2) is 0 Å². The van der Waals surface area contributed by atoms with Crippen LogP contribution < -0.4 is 5.32 Å². The van der Waals surface area contributed by atoms with Crippen molar-refractivity contribution in [3.8, 4) is 0 Å². The predicted octanol–water partition coefficient (Wildman–Crippen LogP) is 5.02. The molecule has 0 aromatic carbocycles. The fourth-order valence-electron chi connectivity index (χ4n) is 6.18. The lowest BCUT2D eigenvalue weighted by atomic mass is 9.63. The molecule has 1 N–H and O–H groups in total. The van der Waals surface area contributed by atoms with Crippen LogP contribution in [0, 0.1) is 29.6 Å². The van der Waals surface area contributed by atoms with Crippen molar-refractivity contribution < 1.29 is 4.74 Å². The van der Waals surface area contributed by atoms with Crippen LogP contribution >= 0.6 is 0 Å². The Balaban J connectivity index is 1.59. The molecule has 0 saturated heterocycles. The largest absolute Gasteiger partial charge is 0.381 e. The second-order valence-electron chi connectivity index (χ2n) is 8.75. The number of rotatable bonds is 6. The molecule has 0 heterocycles. The molecular formula is C21H39NO. The SMILES string of the molecule is CNCC(CC1CCCCC1OC)C1CCC2CCCCC2C1. The number of ether oxygens (including phenoxy) is 1. The maximum atomic E-state index is 5.84. The number of hydrogen-bond donors (Lipinski definition) is 1. The first-order chi connectivity index (χ1) is 11.3. The van der Waals surface area contributed by atoms with Crippen molar-refractivity contribution >= 4 is 0 Å². The Morgan fingerprint density at radius 3 is 2.43 bits per heavy atom. The molecule has 0 aliphatic heterocycles. The van der Waals surface area contributed by atoms with E-state index in [4.69, 9.17) is 4.74 Å². The third kappa shape index (κ3) is 4.51. The van der Waals surface area contributed by atoms with Crippen molar-refractivity contribution in [1.82, 2.24) is 5.32 Å². The topological polar surface area (TPSA) is 21.3 Å². The second kappa shape index (κ2) is 8.85. The van der Waals surface area contributed by atoms with Gasteiger partial charge in [0.1, 0.15) is 0 Å². The first-order valence-electron chi connectivity index (χ1n) is 10.5. The summed E-state index contributed by atoms with van der Waals surface area (Å²) in [6, 6.07) is 0. The Morgan fingerprint density at radius 1 is 0.913 bits per heavy atom. The molecule has 3 saturated carbocycles. The molecular weight excluding hydrogens is 282 g/mol. The highest BCUT2D eigenvalue weighted by Gasteiger charge is 2.37. The number of nitrogens with one attached hydrogen (secondary N) is 1. The molecule has 0 spiro atoms. The van der Waals surface area contributed by atoms with Gasteiger partial charge >= 0.3 is 0 Å². The Kier molecular flexibility index (Phi) is 6.83. The Labute approximate surface area is 144 Å². The normalized spacial score (nSPS) is 39.7. The smallest absolute Gasteiger partial charge is 0.0599 e. The van der Waals surface area contributed by atoms with E-state index in [0.717, 1.165) is 29.6 Å². The summed E-state index contributed by atoms with van der Waals surface area (Å²) in [6.45, 7) is 1.22. The monoisotopic (exact) mass is 321 g/mol. The highest BCUT2D eigenvalue weighted by Crippen LogP contribution is 2.46. The highest BCUT2D eigenvalue weighted by molar-refractivity contribution is 4.88. The molecule has 0 aromatic rings. The molecule has 23 heavy (non-hydrogen) atoms. The molecule has 2 heteroatoms. The fraction of sp³-hybridized carbons (Fsp3) is 1.00. The van der Waals surface area contributed by atoms with Crippen LogP contribution in [0.25, 0.3) is 0 Å². The molecule has 2 nitrogen and oxygen atoms in total. The molecule has 0 bridgehead atoms. The maximum absolute atomic E-state index is 5.84. The summed E-state index contributed by atoms with van der Waals surface area (Å²) >= 11 is 0. The summed E-state index contributed by atoms with van der Waals surface area (Å²) in [5, 5.41) is 3.52. The maximum Gasteiger partial charge on any atom is 0.0599 e. The minimum absolute atomic E-state index is 0.536. The van der Waals surface area contributed by atoms with E-state index in [1.165, 1.54) is 83.6 Å². The third-order valence-corrected chi connectivity index (χ3v) is 7.46. The highest BCUT2D eigenvalue weighted by atomic mass is 16.5. The van der Waals surface area contributed by atoms with Crippen molar-refractivity contribution in [3.05, 3.63) is 0 Å². The summed E-state index contributed by atoms with van der Waals surface area (Å²) in [5.74, 6) is 4.81. The zero-order chi connectivity index (χ0) is 16.1. The second-order valence-corrected chi connectivity index (χ2v) is 8.75. The summed E-state index contributed by atoms with van der Waals surface area (Å²) in [7, 11) is 4.08. The van der Waals surface area contributed by atoms with Gasteiger partial charge in [-0.15, -0.1) is 0 Å². The van der Waals surface area contributed by atoms with E-state index in [1.54, 1.807) is 0 Å². The van der Waals surface area contributed by atoms with Gasteiger partial charge in [0.2, 0.25) is 0 Å². The molecule has 0 aromatic heterocycles. The number of fused-ring (bicyclic) bond motifs is 1. The zero-order valence-corrected chi connectivity index (χ0v) is 15.6. The van der Waals surface area contributed by atoms with E-state index in [2.05, 4.69) is 12.4 Å². The summed E-state index contributed by atoms with van der Waals surface area (Å²) in [5.41, 5.74) is 0. The Hall–Kier alpha value is -0.0800. The lowest BCUT2D eigenvalue weighted by molar-refractivity contribution is 0.00382. The van der Waals surface area contributed by atoms with Crippen LogP contribution in [0.3, 0.4) is 0 Å². The first kappa shape index (κ1) is 17.7. The zero-order valence-electron chi connectivity index (χ0n) is 15.6. The van der Waals surface area contributed by atoms with Crippen molar-refractivity contribution in [3.63, 3.8) is 0 Å². The molecule has 0 radical (unpaired) electrons. The summed E-state index contributed by atoms with van der Waals surface area (Å²) < 4.78 is 5.84. The van der Waals surface area contributed by atoms with Gasteiger partial charge in [-0.3, -0.25) is 0 Å².